The Hall–Kier alpha value is -3.34. The second-order valence-electron chi connectivity index (χ2n) is 7.50. The fourth-order valence-electron chi connectivity index (χ4n) is 3.52. The minimum absolute atomic E-state index is 0.338. The van der Waals surface area contributed by atoms with E-state index in [1.807, 2.05) is 43.5 Å². The van der Waals surface area contributed by atoms with Gasteiger partial charge in [0.15, 0.2) is 0 Å². The highest BCUT2D eigenvalue weighted by Crippen LogP contribution is 2.29. The van der Waals surface area contributed by atoms with Gasteiger partial charge in [0, 0.05) is 17.3 Å². The summed E-state index contributed by atoms with van der Waals surface area (Å²) in [5.74, 6) is 0.804. The quantitative estimate of drug-likeness (QED) is 0.464. The van der Waals surface area contributed by atoms with Gasteiger partial charge in [-0.05, 0) is 60.7 Å². The summed E-state index contributed by atoms with van der Waals surface area (Å²) in [5.41, 5.74) is 7.29. The van der Waals surface area contributed by atoms with E-state index in [2.05, 4.69) is 37.4 Å². The molecule has 3 rings (SSSR count). The fourth-order valence-corrected chi connectivity index (χ4v) is 3.52. The molecule has 0 spiro atoms. The summed E-state index contributed by atoms with van der Waals surface area (Å²) in [7, 11) is 1.34. The van der Waals surface area contributed by atoms with Gasteiger partial charge in [-0.25, -0.2) is 4.79 Å². The summed E-state index contributed by atoms with van der Waals surface area (Å²) in [5, 5.41) is 2.72. The third-order valence-electron chi connectivity index (χ3n) is 5.22. The van der Waals surface area contributed by atoms with E-state index >= 15 is 0 Å². The van der Waals surface area contributed by atoms with E-state index in [1.54, 1.807) is 0 Å². The molecule has 1 amide bonds. The van der Waals surface area contributed by atoms with Crippen molar-refractivity contribution in [2.45, 2.75) is 46.6 Å². The van der Waals surface area contributed by atoms with Gasteiger partial charge in [0.2, 0.25) is 0 Å². The predicted octanol–water partition coefficient (Wildman–Crippen LogP) is 6.33. The Kier molecular flexibility index (Phi) is 7.65. The van der Waals surface area contributed by atoms with Crippen LogP contribution in [0.1, 0.15) is 42.5 Å². The number of rotatable bonds is 8. The van der Waals surface area contributed by atoms with E-state index in [0.29, 0.717) is 12.3 Å². The number of pyridine rings is 1. The number of methoxy groups -OCH3 is 1. The van der Waals surface area contributed by atoms with Crippen LogP contribution in [0.4, 0.5) is 10.5 Å². The van der Waals surface area contributed by atoms with E-state index in [0.717, 1.165) is 47.4 Å². The van der Waals surface area contributed by atoms with Crippen LogP contribution in [0.25, 0.3) is 11.3 Å². The topological polar surface area (TPSA) is 60.5 Å². The second-order valence-corrected chi connectivity index (χ2v) is 7.50. The molecule has 0 saturated carbocycles. The number of hydrogen-bond donors (Lipinski definition) is 1. The number of para-hydroxylation sites is 1. The predicted molar refractivity (Wildman–Crippen MR) is 125 cm³/mol. The SMILES string of the molecule is CCCc1cc(CC)cnc1-c1ccc(OCc2ccccc2NC(=O)OC)c(C)c1. The lowest BCUT2D eigenvalue weighted by molar-refractivity contribution is 0.187. The summed E-state index contributed by atoms with van der Waals surface area (Å²) < 4.78 is 10.8. The smallest absolute Gasteiger partial charge is 0.411 e. The molecule has 0 aliphatic carbocycles. The number of amides is 1. The first kappa shape index (κ1) is 22.3. The zero-order valence-corrected chi connectivity index (χ0v) is 18.7. The normalized spacial score (nSPS) is 10.6. The van der Waals surface area contributed by atoms with Crippen molar-refractivity contribution >= 4 is 11.8 Å². The Labute approximate surface area is 184 Å². The summed E-state index contributed by atoms with van der Waals surface area (Å²) in [4.78, 5) is 16.3. The van der Waals surface area contributed by atoms with Crippen LogP contribution < -0.4 is 10.1 Å². The molecule has 5 heteroatoms. The molecule has 5 nitrogen and oxygen atoms in total. The molecule has 0 atom stereocenters. The number of carbonyl (C=O) groups is 1. The molecule has 0 aliphatic rings. The minimum Gasteiger partial charge on any atom is -0.489 e. The van der Waals surface area contributed by atoms with Gasteiger partial charge < -0.3 is 9.47 Å². The van der Waals surface area contributed by atoms with Gasteiger partial charge in [0.05, 0.1) is 18.5 Å². The number of nitrogens with one attached hydrogen (secondary N) is 1. The van der Waals surface area contributed by atoms with E-state index < -0.39 is 6.09 Å². The highest BCUT2D eigenvalue weighted by molar-refractivity contribution is 5.85. The lowest BCUT2D eigenvalue weighted by atomic mass is 9.98. The van der Waals surface area contributed by atoms with Gasteiger partial charge in [0.1, 0.15) is 12.4 Å². The number of anilines is 1. The standard InChI is InChI=1S/C26H30N2O3/c1-5-9-20-15-19(6-2)16-27-25(20)21-12-13-24(18(3)14-21)31-17-22-10-7-8-11-23(22)28-26(29)30-4/h7-8,10-16H,5-6,9,17H2,1-4H3,(H,28,29). The van der Waals surface area contributed by atoms with Crippen LogP contribution in [0, 0.1) is 6.92 Å². The van der Waals surface area contributed by atoms with E-state index in [9.17, 15) is 4.79 Å². The molecule has 0 fully saturated rings. The zero-order valence-electron chi connectivity index (χ0n) is 18.7. The van der Waals surface area contributed by atoms with Crippen molar-refractivity contribution in [3.05, 3.63) is 77.0 Å². The molecule has 0 bridgehead atoms. The lowest BCUT2D eigenvalue weighted by Crippen LogP contribution is -2.13. The number of ether oxygens (including phenoxy) is 2. The first-order chi connectivity index (χ1) is 15.0. The second kappa shape index (κ2) is 10.6. The molecule has 0 unspecified atom stereocenters. The summed E-state index contributed by atoms with van der Waals surface area (Å²) in [6, 6.07) is 16.0. The third kappa shape index (κ3) is 5.63. The van der Waals surface area contributed by atoms with Crippen LogP contribution in [0.3, 0.4) is 0 Å². The minimum atomic E-state index is -0.502. The number of benzene rings is 2. The first-order valence-electron chi connectivity index (χ1n) is 10.7. The van der Waals surface area contributed by atoms with Crippen molar-refractivity contribution in [3.8, 4) is 17.0 Å². The Morgan fingerprint density at radius 3 is 2.58 bits per heavy atom. The van der Waals surface area contributed by atoms with Gasteiger partial charge >= 0.3 is 6.09 Å². The average Bonchev–Trinajstić information content (AvgIpc) is 2.79. The van der Waals surface area contributed by atoms with Crippen LogP contribution in [0.2, 0.25) is 0 Å². The number of aryl methyl sites for hydroxylation is 3. The average molecular weight is 419 g/mol. The molecule has 1 aromatic heterocycles. The highest BCUT2D eigenvalue weighted by Gasteiger charge is 2.11. The van der Waals surface area contributed by atoms with Crippen LogP contribution >= 0.6 is 0 Å². The van der Waals surface area contributed by atoms with Crippen molar-refractivity contribution in [2.24, 2.45) is 0 Å². The number of carbonyl (C=O) groups excluding carboxylic acids is 1. The van der Waals surface area contributed by atoms with Gasteiger partial charge in [-0.1, -0.05) is 44.5 Å². The monoisotopic (exact) mass is 418 g/mol. The number of hydrogen-bond acceptors (Lipinski definition) is 4. The largest absolute Gasteiger partial charge is 0.489 e. The van der Waals surface area contributed by atoms with Gasteiger partial charge in [-0.15, -0.1) is 0 Å². The van der Waals surface area contributed by atoms with Gasteiger partial charge in [0.25, 0.3) is 0 Å². The molecule has 3 aromatic rings. The molecule has 0 radical (unpaired) electrons. The Morgan fingerprint density at radius 1 is 1.06 bits per heavy atom. The molecule has 2 aromatic carbocycles. The van der Waals surface area contributed by atoms with Crippen molar-refractivity contribution in [3.63, 3.8) is 0 Å². The van der Waals surface area contributed by atoms with Gasteiger partial charge in [-0.2, -0.15) is 0 Å². The zero-order chi connectivity index (χ0) is 22.2. The number of aromatic nitrogens is 1. The van der Waals surface area contributed by atoms with Crippen molar-refractivity contribution in [1.82, 2.24) is 4.98 Å². The molecule has 0 aliphatic heterocycles. The molecule has 1 N–H and O–H groups in total. The Morgan fingerprint density at radius 2 is 1.87 bits per heavy atom. The molecule has 1 heterocycles. The van der Waals surface area contributed by atoms with Crippen molar-refractivity contribution in [1.29, 1.82) is 0 Å². The summed E-state index contributed by atoms with van der Waals surface area (Å²) in [6.45, 7) is 6.72. The molecular formula is C26H30N2O3. The maximum atomic E-state index is 11.6. The van der Waals surface area contributed by atoms with Crippen LogP contribution in [-0.2, 0) is 24.2 Å². The first-order valence-corrected chi connectivity index (χ1v) is 10.7. The maximum absolute atomic E-state index is 11.6. The van der Waals surface area contributed by atoms with Crippen molar-refractivity contribution < 1.29 is 14.3 Å². The Bertz CT molecular complexity index is 1050. The van der Waals surface area contributed by atoms with E-state index in [1.165, 1.54) is 18.2 Å². The fraction of sp³-hybridized carbons (Fsp3) is 0.308. The summed E-state index contributed by atoms with van der Waals surface area (Å²) >= 11 is 0. The maximum Gasteiger partial charge on any atom is 0.411 e. The summed E-state index contributed by atoms with van der Waals surface area (Å²) in [6.07, 6.45) is 4.55. The van der Waals surface area contributed by atoms with Crippen LogP contribution in [0.15, 0.2) is 54.7 Å². The van der Waals surface area contributed by atoms with E-state index in [-0.39, 0.29) is 0 Å². The molecule has 162 valence electrons. The number of nitrogens with zero attached hydrogens (tertiary/aromatic N) is 1. The van der Waals surface area contributed by atoms with E-state index in [4.69, 9.17) is 14.5 Å². The van der Waals surface area contributed by atoms with Crippen LogP contribution in [-0.4, -0.2) is 18.2 Å². The lowest BCUT2D eigenvalue weighted by Gasteiger charge is -2.15. The van der Waals surface area contributed by atoms with Gasteiger partial charge in [-0.3, -0.25) is 10.3 Å². The highest BCUT2D eigenvalue weighted by atomic mass is 16.5. The van der Waals surface area contributed by atoms with Crippen LogP contribution in [0.5, 0.6) is 5.75 Å². The van der Waals surface area contributed by atoms with Crippen molar-refractivity contribution in [2.75, 3.05) is 12.4 Å². The third-order valence-corrected chi connectivity index (χ3v) is 5.22. The molecular weight excluding hydrogens is 388 g/mol. The Balaban J connectivity index is 1.79. The molecule has 0 saturated heterocycles. The molecule has 31 heavy (non-hydrogen) atoms.